The molecule has 1 aliphatic rings. The van der Waals surface area contributed by atoms with E-state index in [1.54, 1.807) is 18.5 Å². The number of hydrogen-bond acceptors (Lipinski definition) is 3. The molecule has 110 valence electrons. The number of ether oxygens (including phenoxy) is 1. The summed E-state index contributed by atoms with van der Waals surface area (Å²) in [5.74, 6) is 0.476. The van der Waals surface area contributed by atoms with Crippen LogP contribution in [0.5, 0.6) is 5.75 Å². The van der Waals surface area contributed by atoms with E-state index in [1.165, 1.54) is 25.0 Å². The number of rotatable bonds is 6. The van der Waals surface area contributed by atoms with Gasteiger partial charge in [0.2, 0.25) is 0 Å². The van der Waals surface area contributed by atoms with Crippen molar-refractivity contribution in [2.45, 2.75) is 32.0 Å². The number of nitrogens with one attached hydrogen (secondary N) is 1. The lowest BCUT2D eigenvalue weighted by atomic mass is 10.2. The van der Waals surface area contributed by atoms with Gasteiger partial charge in [-0.3, -0.25) is 4.98 Å². The molecule has 1 heterocycles. The molecule has 1 saturated carbocycles. The van der Waals surface area contributed by atoms with Gasteiger partial charge in [-0.05, 0) is 53.0 Å². The van der Waals surface area contributed by atoms with E-state index in [9.17, 15) is 4.39 Å². The maximum absolute atomic E-state index is 13.4. The maximum Gasteiger partial charge on any atom is 0.124 e. The molecule has 5 heteroatoms. The van der Waals surface area contributed by atoms with Crippen LogP contribution >= 0.6 is 15.9 Å². The van der Waals surface area contributed by atoms with Crippen molar-refractivity contribution in [2.24, 2.45) is 0 Å². The van der Waals surface area contributed by atoms with Gasteiger partial charge in [-0.25, -0.2) is 4.39 Å². The molecule has 0 amide bonds. The molecule has 1 N–H and O–H groups in total. The molecule has 0 bridgehead atoms. The Bertz CT molecular complexity index is 631. The molecule has 0 saturated heterocycles. The second-order valence-corrected chi connectivity index (χ2v) is 6.12. The zero-order valence-corrected chi connectivity index (χ0v) is 13.1. The van der Waals surface area contributed by atoms with Crippen LogP contribution in [0.2, 0.25) is 0 Å². The molecule has 3 rings (SSSR count). The fraction of sp³-hybridized carbons (Fsp3) is 0.312. The molecule has 21 heavy (non-hydrogen) atoms. The summed E-state index contributed by atoms with van der Waals surface area (Å²) in [5.41, 5.74) is 1.82. The van der Waals surface area contributed by atoms with Gasteiger partial charge in [-0.1, -0.05) is 0 Å². The first-order valence-electron chi connectivity index (χ1n) is 6.95. The standard InChI is InChI=1S/C16H16BrFN2O/c17-13-5-11(7-19-9-13)10-21-16-4-1-14(18)6-12(16)8-20-15-2-3-15/h1,4-7,9,15,20H,2-3,8,10H2. The van der Waals surface area contributed by atoms with E-state index in [1.807, 2.05) is 6.07 Å². The highest BCUT2D eigenvalue weighted by Gasteiger charge is 2.20. The van der Waals surface area contributed by atoms with Crippen LogP contribution in [-0.4, -0.2) is 11.0 Å². The lowest BCUT2D eigenvalue weighted by Gasteiger charge is -2.12. The Morgan fingerprint density at radius 2 is 2.14 bits per heavy atom. The SMILES string of the molecule is Fc1ccc(OCc2cncc(Br)c2)c(CNC2CC2)c1. The van der Waals surface area contributed by atoms with Gasteiger partial charge in [0.25, 0.3) is 0 Å². The number of halogens is 2. The predicted octanol–water partition coefficient (Wildman–Crippen LogP) is 3.81. The molecule has 0 unspecified atom stereocenters. The first kappa shape index (κ1) is 14.5. The number of hydrogen-bond donors (Lipinski definition) is 1. The van der Waals surface area contributed by atoms with Crippen LogP contribution in [0.3, 0.4) is 0 Å². The first-order chi connectivity index (χ1) is 10.2. The van der Waals surface area contributed by atoms with Crippen molar-refractivity contribution in [3.05, 3.63) is 58.1 Å². The van der Waals surface area contributed by atoms with Gasteiger partial charge in [0.15, 0.2) is 0 Å². The quantitative estimate of drug-likeness (QED) is 0.859. The van der Waals surface area contributed by atoms with Gasteiger partial charge in [-0.15, -0.1) is 0 Å². The minimum atomic E-state index is -0.237. The third-order valence-electron chi connectivity index (χ3n) is 3.34. The van der Waals surface area contributed by atoms with Gasteiger partial charge < -0.3 is 10.1 Å². The van der Waals surface area contributed by atoms with Crippen LogP contribution < -0.4 is 10.1 Å². The van der Waals surface area contributed by atoms with E-state index < -0.39 is 0 Å². The molecule has 0 spiro atoms. The Kier molecular flexibility index (Phi) is 4.51. The highest BCUT2D eigenvalue weighted by atomic mass is 79.9. The van der Waals surface area contributed by atoms with E-state index in [-0.39, 0.29) is 5.82 Å². The molecule has 1 aromatic heterocycles. The Morgan fingerprint density at radius 3 is 2.90 bits per heavy atom. The second-order valence-electron chi connectivity index (χ2n) is 5.21. The minimum Gasteiger partial charge on any atom is -0.489 e. The molecular weight excluding hydrogens is 335 g/mol. The lowest BCUT2D eigenvalue weighted by Crippen LogP contribution is -2.16. The van der Waals surface area contributed by atoms with Gasteiger partial charge in [0, 0.05) is 40.6 Å². The molecule has 1 aliphatic carbocycles. The Morgan fingerprint density at radius 1 is 1.29 bits per heavy atom. The zero-order valence-electron chi connectivity index (χ0n) is 11.5. The molecule has 0 radical (unpaired) electrons. The second kappa shape index (κ2) is 6.54. The monoisotopic (exact) mass is 350 g/mol. The highest BCUT2D eigenvalue weighted by Crippen LogP contribution is 2.24. The van der Waals surface area contributed by atoms with E-state index in [2.05, 4.69) is 26.2 Å². The van der Waals surface area contributed by atoms with E-state index >= 15 is 0 Å². The lowest BCUT2D eigenvalue weighted by molar-refractivity contribution is 0.301. The van der Waals surface area contributed by atoms with Crippen molar-refractivity contribution >= 4 is 15.9 Å². The topological polar surface area (TPSA) is 34.1 Å². The highest BCUT2D eigenvalue weighted by molar-refractivity contribution is 9.10. The van der Waals surface area contributed by atoms with Gasteiger partial charge >= 0.3 is 0 Å². The number of pyridine rings is 1. The fourth-order valence-corrected chi connectivity index (χ4v) is 2.48. The van der Waals surface area contributed by atoms with Crippen molar-refractivity contribution < 1.29 is 9.13 Å². The normalized spacial score (nSPS) is 14.2. The van der Waals surface area contributed by atoms with Crippen molar-refractivity contribution in [1.29, 1.82) is 0 Å². The van der Waals surface area contributed by atoms with Crippen LogP contribution in [-0.2, 0) is 13.2 Å². The number of nitrogens with zero attached hydrogens (tertiary/aromatic N) is 1. The van der Waals surface area contributed by atoms with Crippen LogP contribution in [0.25, 0.3) is 0 Å². The van der Waals surface area contributed by atoms with Crippen molar-refractivity contribution in [3.63, 3.8) is 0 Å². The van der Waals surface area contributed by atoms with E-state index in [4.69, 9.17) is 4.74 Å². The smallest absolute Gasteiger partial charge is 0.124 e. The third kappa shape index (κ3) is 4.25. The van der Waals surface area contributed by atoms with Crippen LogP contribution in [0, 0.1) is 5.82 Å². The summed E-state index contributed by atoms with van der Waals surface area (Å²) >= 11 is 3.38. The van der Waals surface area contributed by atoms with Crippen LogP contribution in [0.4, 0.5) is 4.39 Å². The maximum atomic E-state index is 13.4. The average molecular weight is 351 g/mol. The van der Waals surface area contributed by atoms with Gasteiger partial charge in [-0.2, -0.15) is 0 Å². The molecule has 0 atom stereocenters. The molecule has 2 aromatic rings. The fourth-order valence-electron chi connectivity index (χ4n) is 2.06. The van der Waals surface area contributed by atoms with E-state index in [0.717, 1.165) is 15.6 Å². The Balaban J connectivity index is 1.68. The first-order valence-corrected chi connectivity index (χ1v) is 7.74. The number of aromatic nitrogens is 1. The Labute approximate surface area is 131 Å². The minimum absolute atomic E-state index is 0.237. The molecular formula is C16H16BrFN2O. The summed E-state index contributed by atoms with van der Waals surface area (Å²) in [6, 6.07) is 7.18. The summed E-state index contributed by atoms with van der Waals surface area (Å²) in [6.45, 7) is 1.04. The summed E-state index contributed by atoms with van der Waals surface area (Å²) in [6.07, 6.45) is 5.90. The number of benzene rings is 1. The predicted molar refractivity (Wildman–Crippen MR) is 82.5 cm³/mol. The van der Waals surface area contributed by atoms with Gasteiger partial charge in [0.05, 0.1) is 0 Å². The summed E-state index contributed by atoms with van der Waals surface area (Å²) in [7, 11) is 0. The summed E-state index contributed by atoms with van der Waals surface area (Å²) < 4.78 is 20.1. The van der Waals surface area contributed by atoms with Gasteiger partial charge in [0.1, 0.15) is 18.2 Å². The average Bonchev–Trinajstić information content (AvgIpc) is 3.28. The van der Waals surface area contributed by atoms with E-state index in [0.29, 0.717) is 24.9 Å². The third-order valence-corrected chi connectivity index (χ3v) is 3.77. The van der Waals surface area contributed by atoms with Crippen molar-refractivity contribution in [3.8, 4) is 5.75 Å². The molecule has 0 aliphatic heterocycles. The Hall–Kier alpha value is -1.46. The van der Waals surface area contributed by atoms with Crippen LogP contribution in [0.1, 0.15) is 24.0 Å². The van der Waals surface area contributed by atoms with Crippen molar-refractivity contribution in [2.75, 3.05) is 0 Å². The largest absolute Gasteiger partial charge is 0.489 e. The molecule has 3 nitrogen and oxygen atoms in total. The molecule has 1 fully saturated rings. The van der Waals surface area contributed by atoms with Crippen LogP contribution in [0.15, 0.2) is 41.1 Å². The van der Waals surface area contributed by atoms with Crippen molar-refractivity contribution in [1.82, 2.24) is 10.3 Å². The molecule has 1 aromatic carbocycles. The summed E-state index contributed by atoms with van der Waals surface area (Å²) in [4.78, 5) is 4.10. The summed E-state index contributed by atoms with van der Waals surface area (Å²) in [5, 5.41) is 3.38. The zero-order chi connectivity index (χ0) is 14.7.